The number of esters is 1. The van der Waals surface area contributed by atoms with Crippen LogP contribution in [-0.2, 0) is 14.9 Å². The van der Waals surface area contributed by atoms with Crippen molar-refractivity contribution in [2.75, 3.05) is 0 Å². The largest absolute Gasteiger partial charge is 1.00 e. The second-order valence-corrected chi connectivity index (χ2v) is 6.77. The molecule has 0 amide bonds. The Hall–Kier alpha value is 0.236. The van der Waals surface area contributed by atoms with Crippen LogP contribution in [-0.4, -0.2) is 18.9 Å². The third-order valence-corrected chi connectivity index (χ3v) is 3.86. The first-order valence-corrected chi connectivity index (χ1v) is 8.46. The van der Waals surface area contributed by atoms with Crippen molar-refractivity contribution in [2.45, 2.75) is 50.8 Å². The molecule has 0 spiro atoms. The third kappa shape index (κ3) is 9.39. The summed E-state index contributed by atoms with van der Waals surface area (Å²) in [7, 11) is -4.47. The third-order valence-electron chi connectivity index (χ3n) is 3.01. The maximum Gasteiger partial charge on any atom is 1.00 e. The number of hydrogen-bond donors (Lipinski definition) is 0. The Morgan fingerprint density at radius 2 is 1.73 bits per heavy atom. The topological polar surface area (TPSA) is 83.5 Å². The van der Waals surface area contributed by atoms with Crippen molar-refractivity contribution in [1.82, 2.24) is 0 Å². The van der Waals surface area contributed by atoms with E-state index in [1.165, 1.54) is 12.1 Å². The van der Waals surface area contributed by atoms with Crippen LogP contribution in [0.3, 0.4) is 0 Å². The Bertz CT molecular complexity index is 552. The molecular weight excluding hydrogens is 331 g/mol. The maximum atomic E-state index is 11.6. The van der Waals surface area contributed by atoms with Crippen LogP contribution in [0.2, 0.25) is 0 Å². The minimum atomic E-state index is -4.47. The van der Waals surface area contributed by atoms with Gasteiger partial charge in [-0.05, 0) is 36.6 Å². The van der Waals surface area contributed by atoms with Gasteiger partial charge in [-0.25, -0.2) is 8.42 Å². The molecule has 0 atom stereocenters. The Morgan fingerprint density at radius 1 is 1.14 bits per heavy atom. The minimum Gasteiger partial charge on any atom is -0.744 e. The monoisotopic (exact) mass is 352 g/mol. The van der Waals surface area contributed by atoms with Crippen LogP contribution in [0.25, 0.3) is 0 Å². The van der Waals surface area contributed by atoms with Crippen molar-refractivity contribution < 1.29 is 73.9 Å². The zero-order chi connectivity index (χ0) is 15.9. The molecule has 0 aliphatic heterocycles. The van der Waals surface area contributed by atoms with Crippen molar-refractivity contribution in [3.63, 3.8) is 0 Å². The molecule has 0 fully saturated rings. The quantitative estimate of drug-likeness (QED) is 0.218. The van der Waals surface area contributed by atoms with Gasteiger partial charge in [0, 0.05) is 6.42 Å². The van der Waals surface area contributed by atoms with Crippen molar-refractivity contribution >= 4 is 16.1 Å². The number of carbonyl (C=O) groups is 1. The average molecular weight is 352 g/mol. The number of unbranched alkanes of at least 4 members (excludes halogenated alkanes) is 2. The van der Waals surface area contributed by atoms with Gasteiger partial charge in [-0.15, -0.1) is 0 Å². The van der Waals surface area contributed by atoms with Crippen LogP contribution in [0.1, 0.15) is 46.0 Å². The first-order chi connectivity index (χ1) is 9.79. The van der Waals surface area contributed by atoms with E-state index in [2.05, 4.69) is 13.8 Å². The molecule has 1 aromatic carbocycles. The molecule has 22 heavy (non-hydrogen) atoms. The van der Waals surface area contributed by atoms with E-state index in [9.17, 15) is 17.8 Å². The summed E-state index contributed by atoms with van der Waals surface area (Å²) in [4.78, 5) is 11.3. The Kier molecular flexibility index (Phi) is 11.0. The number of benzene rings is 1. The van der Waals surface area contributed by atoms with E-state index < -0.39 is 10.1 Å². The summed E-state index contributed by atoms with van der Waals surface area (Å²) in [6.07, 6.45) is 4.35. The van der Waals surface area contributed by atoms with E-state index in [0.717, 1.165) is 37.8 Å². The molecule has 7 heteroatoms. The fraction of sp³-hybridized carbons (Fsp3) is 0.533. The first kappa shape index (κ1) is 22.2. The number of carbonyl (C=O) groups excluding carboxylic acids is 1. The number of hydrogen-bond acceptors (Lipinski definition) is 5. The van der Waals surface area contributed by atoms with Gasteiger partial charge in [-0.1, -0.05) is 33.1 Å². The van der Waals surface area contributed by atoms with E-state index in [-0.39, 0.29) is 68.0 Å². The summed E-state index contributed by atoms with van der Waals surface area (Å²) in [5.41, 5.74) is 0. The standard InChI is InChI=1S/C15H22O5S.K/c1-12(2)6-4-3-5-7-15(16)20-13-8-10-14(11-9-13)21(17,18)19;/h8-12H,3-7H2,1-2H3,(H,17,18,19);/q;+1/p-1. The molecule has 0 aliphatic carbocycles. The van der Waals surface area contributed by atoms with Crippen molar-refractivity contribution in [2.24, 2.45) is 5.92 Å². The smallest absolute Gasteiger partial charge is 0.744 e. The SMILES string of the molecule is CC(C)CCCCCC(=O)Oc1ccc(S(=O)(=O)[O-])cc1.[K+]. The van der Waals surface area contributed by atoms with E-state index >= 15 is 0 Å². The van der Waals surface area contributed by atoms with E-state index in [4.69, 9.17) is 4.74 Å². The summed E-state index contributed by atoms with van der Waals surface area (Å²) in [5, 5.41) is 0. The van der Waals surface area contributed by atoms with Gasteiger partial charge in [-0.2, -0.15) is 0 Å². The van der Waals surface area contributed by atoms with Gasteiger partial charge < -0.3 is 9.29 Å². The first-order valence-electron chi connectivity index (χ1n) is 7.05. The Labute approximate surface area is 175 Å². The molecule has 0 N–H and O–H groups in total. The van der Waals surface area contributed by atoms with Gasteiger partial charge in [0.05, 0.1) is 4.90 Å². The Morgan fingerprint density at radius 3 is 2.23 bits per heavy atom. The zero-order valence-electron chi connectivity index (χ0n) is 13.4. The second-order valence-electron chi connectivity index (χ2n) is 5.39. The summed E-state index contributed by atoms with van der Waals surface area (Å²) in [6, 6.07) is 4.88. The van der Waals surface area contributed by atoms with Gasteiger partial charge in [0.15, 0.2) is 0 Å². The summed E-state index contributed by atoms with van der Waals surface area (Å²) >= 11 is 0. The van der Waals surface area contributed by atoms with Crippen LogP contribution < -0.4 is 56.1 Å². The van der Waals surface area contributed by atoms with E-state index in [1.807, 2.05) is 0 Å². The molecule has 0 bridgehead atoms. The molecule has 1 rings (SSSR count). The van der Waals surface area contributed by atoms with Crippen molar-refractivity contribution in [3.8, 4) is 5.75 Å². The van der Waals surface area contributed by atoms with Gasteiger partial charge in [0.1, 0.15) is 15.9 Å². The Balaban J connectivity index is 0.00000441. The molecule has 0 aromatic heterocycles. The van der Waals surface area contributed by atoms with Crippen LogP contribution in [0.4, 0.5) is 0 Å². The molecule has 118 valence electrons. The maximum absolute atomic E-state index is 11.6. The summed E-state index contributed by atoms with van der Waals surface area (Å²) in [5.74, 6) is 0.569. The fourth-order valence-electron chi connectivity index (χ4n) is 1.86. The van der Waals surface area contributed by atoms with E-state index in [1.54, 1.807) is 0 Å². The molecular formula is C15H21KO5S. The second kappa shape index (κ2) is 10.9. The summed E-state index contributed by atoms with van der Waals surface area (Å²) < 4.78 is 37.3. The van der Waals surface area contributed by atoms with Gasteiger partial charge >= 0.3 is 57.4 Å². The molecule has 0 saturated heterocycles. The fourth-order valence-corrected chi connectivity index (χ4v) is 2.32. The van der Waals surface area contributed by atoms with Gasteiger partial charge in [0.2, 0.25) is 0 Å². The predicted molar refractivity (Wildman–Crippen MR) is 78.0 cm³/mol. The normalized spacial score (nSPS) is 11.1. The summed E-state index contributed by atoms with van der Waals surface area (Å²) in [6.45, 7) is 4.33. The van der Waals surface area contributed by atoms with Crippen LogP contribution in [0.5, 0.6) is 5.75 Å². The molecule has 0 saturated carbocycles. The molecule has 0 unspecified atom stereocenters. The van der Waals surface area contributed by atoms with E-state index in [0.29, 0.717) is 12.3 Å². The van der Waals surface area contributed by atoms with Crippen LogP contribution in [0, 0.1) is 5.92 Å². The molecule has 0 radical (unpaired) electrons. The van der Waals surface area contributed by atoms with Crippen molar-refractivity contribution in [3.05, 3.63) is 24.3 Å². The zero-order valence-corrected chi connectivity index (χ0v) is 17.3. The molecule has 0 aliphatic rings. The van der Waals surface area contributed by atoms with Crippen LogP contribution in [0.15, 0.2) is 29.2 Å². The molecule has 0 heterocycles. The molecule has 1 aromatic rings. The minimum absolute atomic E-state index is 0. The van der Waals surface area contributed by atoms with Gasteiger partial charge in [-0.3, -0.25) is 4.79 Å². The predicted octanol–water partition coefficient (Wildman–Crippen LogP) is 0.107. The van der Waals surface area contributed by atoms with Crippen molar-refractivity contribution in [1.29, 1.82) is 0 Å². The average Bonchev–Trinajstić information content (AvgIpc) is 2.37. The molecule has 5 nitrogen and oxygen atoms in total. The number of ether oxygens (including phenoxy) is 1. The number of rotatable bonds is 8. The van der Waals surface area contributed by atoms with Crippen LogP contribution >= 0.6 is 0 Å². The van der Waals surface area contributed by atoms with Gasteiger partial charge in [0.25, 0.3) is 0 Å².